The van der Waals surface area contributed by atoms with Gasteiger partial charge in [0.2, 0.25) is 5.88 Å². The average molecular weight is 424 g/mol. The molecular formula is C22H18ClN3O4. The molecule has 0 aliphatic heterocycles. The van der Waals surface area contributed by atoms with E-state index in [1.165, 1.54) is 17.8 Å². The van der Waals surface area contributed by atoms with Gasteiger partial charge in [0.1, 0.15) is 11.3 Å². The van der Waals surface area contributed by atoms with Crippen molar-refractivity contribution in [2.24, 2.45) is 0 Å². The van der Waals surface area contributed by atoms with Crippen molar-refractivity contribution in [2.75, 3.05) is 5.32 Å². The van der Waals surface area contributed by atoms with Crippen molar-refractivity contribution in [1.29, 1.82) is 0 Å². The van der Waals surface area contributed by atoms with Crippen molar-refractivity contribution in [2.45, 2.75) is 6.92 Å². The smallest absolute Gasteiger partial charge is 0.267 e. The molecule has 3 aromatic rings. The van der Waals surface area contributed by atoms with Gasteiger partial charge in [-0.3, -0.25) is 14.8 Å². The second-order valence-electron chi connectivity index (χ2n) is 6.22. The third-order valence-corrected chi connectivity index (χ3v) is 4.33. The van der Waals surface area contributed by atoms with E-state index in [-0.39, 0.29) is 11.4 Å². The summed E-state index contributed by atoms with van der Waals surface area (Å²) in [6.45, 7) is 1.84. The highest BCUT2D eigenvalue weighted by Crippen LogP contribution is 2.29. The molecule has 30 heavy (non-hydrogen) atoms. The number of hydroxylamine groups is 1. The Morgan fingerprint density at radius 1 is 1.13 bits per heavy atom. The Kier molecular flexibility index (Phi) is 6.79. The molecule has 0 saturated heterocycles. The number of nitrogens with one attached hydrogen (secondary N) is 2. The van der Waals surface area contributed by atoms with Crippen LogP contribution in [0.15, 0.2) is 66.9 Å². The molecule has 0 radical (unpaired) electrons. The Bertz CT molecular complexity index is 1120. The number of ether oxygens (including phenoxy) is 1. The molecule has 2 amide bonds. The highest BCUT2D eigenvalue weighted by Gasteiger charge is 2.16. The van der Waals surface area contributed by atoms with E-state index in [2.05, 4.69) is 10.3 Å². The topological polar surface area (TPSA) is 101 Å². The molecule has 0 saturated carbocycles. The van der Waals surface area contributed by atoms with Crippen molar-refractivity contribution < 1.29 is 19.5 Å². The molecule has 0 fully saturated rings. The zero-order valence-electron chi connectivity index (χ0n) is 15.9. The van der Waals surface area contributed by atoms with E-state index in [0.717, 1.165) is 11.6 Å². The molecule has 0 aliphatic rings. The fraction of sp³-hybridized carbons (Fsp3) is 0.0455. The van der Waals surface area contributed by atoms with Crippen molar-refractivity contribution in [3.63, 3.8) is 0 Å². The quantitative estimate of drug-likeness (QED) is 0.305. The summed E-state index contributed by atoms with van der Waals surface area (Å²) in [7, 11) is 0. The van der Waals surface area contributed by atoms with Crippen molar-refractivity contribution in [1.82, 2.24) is 10.5 Å². The van der Waals surface area contributed by atoms with Gasteiger partial charge >= 0.3 is 0 Å². The van der Waals surface area contributed by atoms with E-state index in [0.29, 0.717) is 22.0 Å². The second kappa shape index (κ2) is 9.69. The van der Waals surface area contributed by atoms with E-state index in [9.17, 15) is 9.59 Å². The molecule has 152 valence electrons. The molecule has 3 rings (SSSR count). The van der Waals surface area contributed by atoms with Crippen LogP contribution in [0.25, 0.3) is 6.08 Å². The summed E-state index contributed by atoms with van der Waals surface area (Å²) in [5.74, 6) is -0.437. The minimum absolute atomic E-state index is 0.146. The van der Waals surface area contributed by atoms with Gasteiger partial charge in [-0.15, -0.1) is 0 Å². The molecule has 0 spiro atoms. The number of hydrogen-bond acceptors (Lipinski definition) is 5. The maximum absolute atomic E-state index is 12.9. The minimum Gasteiger partial charge on any atom is -0.438 e. The SMILES string of the molecule is Cc1cc(Cl)ccc1Oc1ncccc1C(=O)Nc1ccccc1C=CC(=O)NO. The number of carbonyl (C=O) groups excluding carboxylic acids is 2. The molecule has 3 N–H and O–H groups in total. The maximum Gasteiger partial charge on any atom is 0.267 e. The first-order chi connectivity index (χ1) is 14.5. The predicted octanol–water partition coefficient (Wildman–Crippen LogP) is 4.61. The average Bonchev–Trinajstić information content (AvgIpc) is 2.75. The molecule has 7 nitrogen and oxygen atoms in total. The van der Waals surface area contributed by atoms with Gasteiger partial charge in [0, 0.05) is 23.0 Å². The normalized spacial score (nSPS) is 10.6. The number of rotatable bonds is 6. The van der Waals surface area contributed by atoms with Crippen LogP contribution >= 0.6 is 11.6 Å². The fourth-order valence-corrected chi connectivity index (χ4v) is 2.85. The van der Waals surface area contributed by atoms with Crippen molar-refractivity contribution in [3.05, 3.63) is 88.6 Å². The number of aryl methyl sites for hydroxylation is 1. The van der Waals surface area contributed by atoms with E-state index in [4.69, 9.17) is 21.5 Å². The first kappa shape index (κ1) is 21.0. The van der Waals surface area contributed by atoms with Crippen LogP contribution in [0.3, 0.4) is 0 Å². The van der Waals surface area contributed by atoms with Crippen molar-refractivity contribution in [3.8, 4) is 11.6 Å². The number of hydrogen-bond donors (Lipinski definition) is 3. The first-order valence-corrected chi connectivity index (χ1v) is 9.27. The Labute approximate surface area is 177 Å². The summed E-state index contributed by atoms with van der Waals surface area (Å²) in [6.07, 6.45) is 4.15. The van der Waals surface area contributed by atoms with E-state index >= 15 is 0 Å². The van der Waals surface area contributed by atoms with Crippen molar-refractivity contribution >= 4 is 35.2 Å². The summed E-state index contributed by atoms with van der Waals surface area (Å²) in [5, 5.41) is 12.0. The highest BCUT2D eigenvalue weighted by atomic mass is 35.5. The summed E-state index contributed by atoms with van der Waals surface area (Å²) in [6, 6.07) is 15.3. The van der Waals surface area contributed by atoms with Crippen LogP contribution in [0.2, 0.25) is 5.02 Å². The van der Waals surface area contributed by atoms with Crippen LogP contribution in [-0.4, -0.2) is 22.0 Å². The van der Waals surface area contributed by atoms with Gasteiger partial charge in [-0.25, -0.2) is 10.5 Å². The summed E-state index contributed by atoms with van der Waals surface area (Å²) in [4.78, 5) is 28.3. The predicted molar refractivity (Wildman–Crippen MR) is 114 cm³/mol. The van der Waals surface area contributed by atoms with Gasteiger partial charge in [0.15, 0.2) is 0 Å². The molecule has 1 heterocycles. The maximum atomic E-state index is 12.9. The Hall–Kier alpha value is -3.68. The number of aromatic nitrogens is 1. The third kappa shape index (κ3) is 5.22. The zero-order valence-corrected chi connectivity index (χ0v) is 16.7. The number of pyridine rings is 1. The third-order valence-electron chi connectivity index (χ3n) is 4.09. The lowest BCUT2D eigenvalue weighted by molar-refractivity contribution is -0.124. The summed E-state index contributed by atoms with van der Waals surface area (Å²) < 4.78 is 5.85. The van der Waals surface area contributed by atoms with E-state index < -0.39 is 11.8 Å². The number of para-hydroxylation sites is 1. The van der Waals surface area contributed by atoms with Crippen LogP contribution in [0.5, 0.6) is 11.6 Å². The lowest BCUT2D eigenvalue weighted by atomic mass is 10.1. The molecule has 0 aliphatic carbocycles. The second-order valence-corrected chi connectivity index (χ2v) is 6.66. The number of halogens is 1. The molecule has 8 heteroatoms. The van der Waals surface area contributed by atoms with Crippen LogP contribution in [0.4, 0.5) is 5.69 Å². The minimum atomic E-state index is -0.683. The standard InChI is InChI=1S/C22H18ClN3O4/c1-14-13-16(23)9-10-19(14)30-22-17(6-4-12-24-22)21(28)25-18-7-3-2-5-15(18)8-11-20(27)26-29/h2-13,29H,1H3,(H,25,28)(H,26,27). The molecule has 1 aromatic heterocycles. The number of nitrogens with zero attached hydrogens (tertiary/aromatic N) is 1. The lowest BCUT2D eigenvalue weighted by Crippen LogP contribution is -2.15. The van der Waals surface area contributed by atoms with Gasteiger partial charge < -0.3 is 10.1 Å². The number of benzene rings is 2. The zero-order chi connectivity index (χ0) is 21.5. The lowest BCUT2D eigenvalue weighted by Gasteiger charge is -2.13. The fourth-order valence-electron chi connectivity index (χ4n) is 2.63. The van der Waals surface area contributed by atoms with E-state index in [1.54, 1.807) is 54.6 Å². The van der Waals surface area contributed by atoms with Gasteiger partial charge in [-0.05, 0) is 60.5 Å². The van der Waals surface area contributed by atoms with Crippen LogP contribution in [0, 0.1) is 6.92 Å². The van der Waals surface area contributed by atoms with Gasteiger partial charge in [0.25, 0.3) is 11.8 Å². The van der Waals surface area contributed by atoms with Crippen LogP contribution in [-0.2, 0) is 4.79 Å². The Balaban J connectivity index is 1.85. The Morgan fingerprint density at radius 2 is 1.93 bits per heavy atom. The van der Waals surface area contributed by atoms with E-state index in [1.807, 2.05) is 6.92 Å². The number of carbonyl (C=O) groups is 2. The first-order valence-electron chi connectivity index (χ1n) is 8.89. The van der Waals surface area contributed by atoms with Gasteiger partial charge in [-0.2, -0.15) is 0 Å². The Morgan fingerprint density at radius 3 is 2.70 bits per heavy atom. The molecule has 0 atom stereocenters. The molecule has 0 bridgehead atoms. The molecular weight excluding hydrogens is 406 g/mol. The van der Waals surface area contributed by atoms with Gasteiger partial charge in [0.05, 0.1) is 0 Å². The number of anilines is 1. The van der Waals surface area contributed by atoms with Gasteiger partial charge in [-0.1, -0.05) is 29.8 Å². The monoisotopic (exact) mass is 423 g/mol. The molecule has 0 unspecified atom stereocenters. The summed E-state index contributed by atoms with van der Waals surface area (Å²) in [5.41, 5.74) is 3.60. The van der Waals surface area contributed by atoms with Crippen LogP contribution in [0.1, 0.15) is 21.5 Å². The number of amides is 2. The highest BCUT2D eigenvalue weighted by molar-refractivity contribution is 6.30. The summed E-state index contributed by atoms with van der Waals surface area (Å²) >= 11 is 5.98. The largest absolute Gasteiger partial charge is 0.438 e. The van der Waals surface area contributed by atoms with Crippen LogP contribution < -0.4 is 15.5 Å². The molecule has 2 aromatic carbocycles.